The molecular formula is C15H9Br5. The fraction of sp³-hybridized carbons (Fsp3) is 0.200. The molecule has 1 aliphatic carbocycles. The third kappa shape index (κ3) is 1.92. The molecule has 0 bridgehead atoms. The van der Waals surface area contributed by atoms with Crippen molar-refractivity contribution in [1.82, 2.24) is 0 Å². The summed E-state index contributed by atoms with van der Waals surface area (Å²) in [5.74, 6) is 0. The highest BCUT2D eigenvalue weighted by atomic mass is 79.9. The number of rotatable bonds is 1. The van der Waals surface area contributed by atoms with Crippen LogP contribution in [0.4, 0.5) is 0 Å². The highest BCUT2D eigenvalue weighted by Crippen LogP contribution is 2.73. The largest absolute Gasteiger partial charge is 0.133 e. The Kier molecular flexibility index (Phi) is 4.08. The van der Waals surface area contributed by atoms with E-state index in [2.05, 4.69) is 128 Å². The molecule has 0 aromatic heterocycles. The lowest BCUT2D eigenvalue weighted by atomic mass is 9.92. The highest BCUT2D eigenvalue weighted by molar-refractivity contribution is 9.30. The minimum absolute atomic E-state index is 0.398. The predicted octanol–water partition coefficient (Wildman–Crippen LogP) is 6.77. The maximum absolute atomic E-state index is 4.00. The maximum Gasteiger partial charge on any atom is 0.133 e. The zero-order valence-electron chi connectivity index (χ0n) is 10.1. The number of alkyl halides is 5. The second kappa shape index (κ2) is 5.19. The summed E-state index contributed by atoms with van der Waals surface area (Å²) in [6, 6.07) is 18.8. The van der Waals surface area contributed by atoms with Crippen LogP contribution in [-0.2, 0) is 7.56 Å². The zero-order valence-corrected chi connectivity index (χ0v) is 18.0. The molecule has 0 heterocycles. The lowest BCUT2D eigenvalue weighted by molar-refractivity contribution is 0.713. The minimum atomic E-state index is -0.467. The van der Waals surface area contributed by atoms with E-state index in [1.54, 1.807) is 0 Å². The van der Waals surface area contributed by atoms with Gasteiger partial charge in [0.15, 0.2) is 0 Å². The number of halogens is 5. The molecule has 1 unspecified atom stereocenters. The van der Waals surface area contributed by atoms with Crippen LogP contribution in [0.3, 0.4) is 0 Å². The van der Waals surface area contributed by atoms with Gasteiger partial charge in [0.1, 0.15) is 10.8 Å². The Morgan fingerprint density at radius 3 is 1.70 bits per heavy atom. The molecule has 0 aliphatic heterocycles. The van der Waals surface area contributed by atoms with E-state index in [-0.39, 0.29) is 0 Å². The van der Waals surface area contributed by atoms with Crippen molar-refractivity contribution in [3.63, 3.8) is 0 Å². The Morgan fingerprint density at radius 2 is 1.10 bits per heavy atom. The van der Waals surface area contributed by atoms with Gasteiger partial charge in [0, 0.05) is 0 Å². The summed E-state index contributed by atoms with van der Waals surface area (Å²) in [5.41, 5.74) is 3.59. The molecule has 2 aromatic rings. The molecule has 1 atom stereocenters. The Bertz CT molecular complexity index is 650. The molecule has 0 saturated heterocycles. The molecule has 0 radical (unpaired) electrons. The topological polar surface area (TPSA) is 0 Å². The quantitative estimate of drug-likeness (QED) is 0.323. The molecule has 0 fully saturated rings. The molecule has 104 valence electrons. The maximum atomic E-state index is 4.00. The van der Waals surface area contributed by atoms with E-state index < -0.39 is 10.8 Å². The summed E-state index contributed by atoms with van der Waals surface area (Å²) < 4.78 is -1.29. The normalized spacial score (nSPS) is 26.2. The fourth-order valence-electron chi connectivity index (χ4n) is 2.62. The molecule has 0 spiro atoms. The van der Waals surface area contributed by atoms with E-state index in [0.717, 1.165) is 0 Å². The van der Waals surface area contributed by atoms with Crippen LogP contribution in [0.2, 0.25) is 0 Å². The number of hydrogen-bond acceptors (Lipinski definition) is 0. The van der Waals surface area contributed by atoms with Gasteiger partial charge in [0.25, 0.3) is 0 Å². The molecular weight excluding hydrogens is 580 g/mol. The average molecular weight is 589 g/mol. The van der Waals surface area contributed by atoms with Gasteiger partial charge in [-0.3, -0.25) is 0 Å². The van der Waals surface area contributed by atoms with Gasteiger partial charge in [0.2, 0.25) is 0 Å². The number of benzene rings is 2. The van der Waals surface area contributed by atoms with Gasteiger partial charge in [-0.25, -0.2) is 0 Å². The second-order valence-electron chi connectivity index (χ2n) is 4.72. The molecule has 0 nitrogen and oxygen atoms in total. The highest BCUT2D eigenvalue weighted by Gasteiger charge is 2.67. The number of fused-ring (bicyclic) bond motifs is 1. The Hall–Kier alpha value is 0.840. The van der Waals surface area contributed by atoms with Gasteiger partial charge in [0.05, 0.1) is 0 Å². The average Bonchev–Trinajstić information content (AvgIpc) is 2.58. The van der Waals surface area contributed by atoms with Gasteiger partial charge in [-0.15, -0.1) is 0 Å². The number of hydrogen-bond donors (Lipinski definition) is 0. The van der Waals surface area contributed by atoms with Crippen molar-refractivity contribution in [2.45, 2.75) is 10.8 Å². The van der Waals surface area contributed by atoms with Crippen LogP contribution >= 0.6 is 79.6 Å². The summed E-state index contributed by atoms with van der Waals surface area (Å²) in [7, 11) is 0. The van der Waals surface area contributed by atoms with Gasteiger partial charge in [-0.2, -0.15) is 0 Å². The fourth-order valence-corrected chi connectivity index (χ4v) is 6.65. The third-order valence-electron chi connectivity index (χ3n) is 3.64. The second-order valence-corrected chi connectivity index (χ2v) is 12.8. The van der Waals surface area contributed by atoms with Gasteiger partial charge in [-0.1, -0.05) is 134 Å². The molecule has 5 heteroatoms. The van der Waals surface area contributed by atoms with Crippen LogP contribution in [0.5, 0.6) is 0 Å². The molecule has 1 aliphatic rings. The van der Waals surface area contributed by atoms with Crippen molar-refractivity contribution < 1.29 is 0 Å². The van der Waals surface area contributed by atoms with Crippen LogP contribution in [0.25, 0.3) is 0 Å². The SMILES string of the molecule is BrC1(Br)c2ccccc2C(Br)(c2ccccc2)C1(Br)Br. The van der Waals surface area contributed by atoms with Crippen molar-refractivity contribution in [2.24, 2.45) is 0 Å². The minimum Gasteiger partial charge on any atom is -0.0722 e. The van der Waals surface area contributed by atoms with Gasteiger partial charge < -0.3 is 0 Å². The van der Waals surface area contributed by atoms with E-state index in [0.29, 0.717) is 0 Å². The zero-order chi connectivity index (χ0) is 14.6. The predicted molar refractivity (Wildman–Crippen MR) is 103 cm³/mol. The van der Waals surface area contributed by atoms with Crippen molar-refractivity contribution in [3.05, 3.63) is 71.3 Å². The first-order chi connectivity index (χ1) is 9.33. The standard InChI is InChI=1S/C15H9Br5/c16-13(10-6-2-1-3-7-10)11-8-4-5-9-12(11)14(17,18)15(13,19)20/h1-9H. The summed E-state index contributed by atoms with van der Waals surface area (Å²) in [5, 5.41) is 0. The molecule has 20 heavy (non-hydrogen) atoms. The lowest BCUT2D eigenvalue weighted by Crippen LogP contribution is -2.41. The van der Waals surface area contributed by atoms with Crippen LogP contribution in [-0.4, -0.2) is 3.23 Å². The van der Waals surface area contributed by atoms with Crippen molar-refractivity contribution in [1.29, 1.82) is 0 Å². The van der Waals surface area contributed by atoms with Crippen LogP contribution in [0, 0.1) is 0 Å². The third-order valence-corrected chi connectivity index (χ3v) is 12.7. The van der Waals surface area contributed by atoms with E-state index in [1.807, 2.05) is 6.07 Å². The van der Waals surface area contributed by atoms with Crippen molar-refractivity contribution in [3.8, 4) is 0 Å². The van der Waals surface area contributed by atoms with Crippen molar-refractivity contribution >= 4 is 79.6 Å². The molecule has 0 amide bonds. The summed E-state index contributed by atoms with van der Waals surface area (Å²) in [6.45, 7) is 0. The smallest absolute Gasteiger partial charge is 0.0722 e. The first-order valence-electron chi connectivity index (χ1n) is 5.93. The Morgan fingerprint density at radius 1 is 0.600 bits per heavy atom. The first-order valence-corrected chi connectivity index (χ1v) is 9.90. The van der Waals surface area contributed by atoms with Crippen LogP contribution < -0.4 is 0 Å². The molecule has 0 N–H and O–H groups in total. The molecule has 0 saturated carbocycles. The van der Waals surface area contributed by atoms with Gasteiger partial charge in [-0.05, 0) is 16.7 Å². The summed E-state index contributed by atoms with van der Waals surface area (Å²) >= 11 is 19.4. The van der Waals surface area contributed by atoms with E-state index in [4.69, 9.17) is 0 Å². The lowest BCUT2D eigenvalue weighted by Gasteiger charge is -2.39. The van der Waals surface area contributed by atoms with Crippen LogP contribution in [0.15, 0.2) is 54.6 Å². The summed E-state index contributed by atoms with van der Waals surface area (Å²) in [4.78, 5) is 0. The molecule has 3 rings (SSSR count). The summed E-state index contributed by atoms with van der Waals surface area (Å²) in [6.07, 6.45) is 0. The van der Waals surface area contributed by atoms with Crippen LogP contribution in [0.1, 0.15) is 16.7 Å². The first kappa shape index (κ1) is 15.7. The van der Waals surface area contributed by atoms with E-state index in [9.17, 15) is 0 Å². The van der Waals surface area contributed by atoms with Gasteiger partial charge >= 0.3 is 0 Å². The molecule has 2 aromatic carbocycles. The Balaban J connectivity index is 2.36. The monoisotopic (exact) mass is 584 g/mol. The van der Waals surface area contributed by atoms with E-state index >= 15 is 0 Å². The van der Waals surface area contributed by atoms with Crippen molar-refractivity contribution in [2.75, 3.05) is 0 Å². The van der Waals surface area contributed by atoms with E-state index in [1.165, 1.54) is 16.7 Å². The Labute approximate surface area is 160 Å².